The van der Waals surface area contributed by atoms with Gasteiger partial charge >= 0.3 is 6.09 Å². The maximum absolute atomic E-state index is 12.8. The van der Waals surface area contributed by atoms with Crippen LogP contribution in [0.5, 0.6) is 0 Å². The van der Waals surface area contributed by atoms with Crippen LogP contribution in [0.25, 0.3) is 11.0 Å². The highest BCUT2D eigenvalue weighted by Gasteiger charge is 2.32. The monoisotopic (exact) mass is 411 g/mol. The predicted molar refractivity (Wildman–Crippen MR) is 120 cm³/mol. The Labute approximate surface area is 178 Å². The minimum absolute atomic E-state index is 0.0978. The Morgan fingerprint density at radius 2 is 1.87 bits per heavy atom. The number of nitrogens with zero attached hydrogens (tertiary/aromatic N) is 4. The van der Waals surface area contributed by atoms with E-state index in [1.807, 2.05) is 57.0 Å². The van der Waals surface area contributed by atoms with Gasteiger partial charge in [0.25, 0.3) is 0 Å². The van der Waals surface area contributed by atoms with Gasteiger partial charge in [-0.2, -0.15) is 0 Å². The molecule has 2 aromatic rings. The van der Waals surface area contributed by atoms with Crippen LogP contribution in [-0.2, 0) is 4.74 Å². The SMILES string of the molecule is CN(CC1CCCCN1C(=O)OC(C)(C)C)c1nc2ccccc2nc1NC1CC1. The summed E-state index contributed by atoms with van der Waals surface area (Å²) in [5.74, 6) is 1.67. The Kier molecular flexibility index (Phi) is 5.71. The molecule has 1 amide bonds. The van der Waals surface area contributed by atoms with Gasteiger partial charge in [-0.05, 0) is 65.0 Å². The Hall–Kier alpha value is -2.57. The highest BCUT2D eigenvalue weighted by molar-refractivity contribution is 5.80. The molecule has 2 aliphatic rings. The van der Waals surface area contributed by atoms with E-state index in [0.29, 0.717) is 12.6 Å². The number of carbonyl (C=O) groups is 1. The number of fused-ring (bicyclic) bond motifs is 1. The highest BCUT2D eigenvalue weighted by Crippen LogP contribution is 2.31. The number of hydrogen-bond acceptors (Lipinski definition) is 6. The van der Waals surface area contributed by atoms with Gasteiger partial charge in [0, 0.05) is 26.2 Å². The summed E-state index contributed by atoms with van der Waals surface area (Å²) < 4.78 is 5.67. The zero-order valence-corrected chi connectivity index (χ0v) is 18.5. The molecule has 1 aromatic heterocycles. The lowest BCUT2D eigenvalue weighted by atomic mass is 10.0. The molecule has 7 nitrogen and oxygen atoms in total. The maximum Gasteiger partial charge on any atom is 0.410 e. The number of para-hydroxylation sites is 2. The van der Waals surface area contributed by atoms with Crippen molar-refractivity contribution in [3.63, 3.8) is 0 Å². The molecule has 162 valence electrons. The normalized spacial score (nSPS) is 19.6. The fourth-order valence-electron chi connectivity index (χ4n) is 3.93. The number of likely N-dealkylation sites (tertiary alicyclic amines) is 1. The molecule has 2 heterocycles. The molecule has 7 heteroatoms. The molecule has 1 aromatic carbocycles. The van der Waals surface area contributed by atoms with Crippen LogP contribution in [0.2, 0.25) is 0 Å². The van der Waals surface area contributed by atoms with Gasteiger partial charge in [-0.25, -0.2) is 14.8 Å². The third kappa shape index (κ3) is 4.94. The van der Waals surface area contributed by atoms with Crippen molar-refractivity contribution in [3.05, 3.63) is 24.3 Å². The third-order valence-electron chi connectivity index (χ3n) is 5.57. The largest absolute Gasteiger partial charge is 0.444 e. The van der Waals surface area contributed by atoms with Gasteiger partial charge in [-0.1, -0.05) is 12.1 Å². The van der Waals surface area contributed by atoms with Crippen molar-refractivity contribution in [2.45, 2.75) is 70.6 Å². The summed E-state index contributed by atoms with van der Waals surface area (Å²) in [7, 11) is 2.04. The molecule has 1 unspecified atom stereocenters. The first-order valence-electron chi connectivity index (χ1n) is 11.0. The Morgan fingerprint density at radius 3 is 2.53 bits per heavy atom. The van der Waals surface area contributed by atoms with Crippen molar-refractivity contribution in [2.24, 2.45) is 0 Å². The summed E-state index contributed by atoms with van der Waals surface area (Å²) in [6.07, 6.45) is 5.23. The summed E-state index contributed by atoms with van der Waals surface area (Å²) in [5, 5.41) is 3.54. The standard InChI is InChI=1S/C23H33N5O2/c1-23(2,3)30-22(29)28-14-8-7-9-17(28)15-27(4)21-20(24-16-12-13-16)25-18-10-5-6-11-19(18)26-21/h5-6,10-11,16-17H,7-9,12-15H2,1-4H3,(H,24,25). The zero-order chi connectivity index (χ0) is 21.3. The molecular formula is C23H33N5O2. The lowest BCUT2D eigenvalue weighted by Gasteiger charge is -2.38. The molecule has 1 aliphatic carbocycles. The first-order chi connectivity index (χ1) is 14.3. The average molecular weight is 412 g/mol. The minimum Gasteiger partial charge on any atom is -0.444 e. The van der Waals surface area contributed by atoms with Crippen molar-refractivity contribution in [3.8, 4) is 0 Å². The van der Waals surface area contributed by atoms with Gasteiger partial charge in [0.05, 0.1) is 17.1 Å². The van der Waals surface area contributed by atoms with Gasteiger partial charge in [0.15, 0.2) is 11.6 Å². The number of nitrogens with one attached hydrogen (secondary N) is 1. The Morgan fingerprint density at radius 1 is 1.17 bits per heavy atom. The maximum atomic E-state index is 12.8. The van der Waals surface area contributed by atoms with E-state index >= 15 is 0 Å². The van der Waals surface area contributed by atoms with Crippen LogP contribution in [0.3, 0.4) is 0 Å². The summed E-state index contributed by atoms with van der Waals surface area (Å²) in [6.45, 7) is 7.18. The summed E-state index contributed by atoms with van der Waals surface area (Å²) in [6, 6.07) is 8.55. The van der Waals surface area contributed by atoms with Crippen LogP contribution < -0.4 is 10.2 Å². The van der Waals surface area contributed by atoms with Gasteiger partial charge in [-0.15, -0.1) is 0 Å². The van der Waals surface area contributed by atoms with Gasteiger partial charge in [-0.3, -0.25) is 0 Å². The number of rotatable bonds is 5. The summed E-state index contributed by atoms with van der Waals surface area (Å²) >= 11 is 0. The van der Waals surface area contributed by atoms with Crippen molar-refractivity contribution >= 4 is 28.8 Å². The van der Waals surface area contributed by atoms with E-state index in [1.165, 1.54) is 12.8 Å². The second-order valence-electron chi connectivity index (χ2n) is 9.51. The highest BCUT2D eigenvalue weighted by atomic mass is 16.6. The fourth-order valence-corrected chi connectivity index (χ4v) is 3.93. The number of benzene rings is 1. The Balaban J connectivity index is 1.56. The van der Waals surface area contributed by atoms with Gasteiger partial charge in [0.1, 0.15) is 5.60 Å². The number of carbonyl (C=O) groups excluding carboxylic acids is 1. The van der Waals surface area contributed by atoms with E-state index in [0.717, 1.165) is 48.5 Å². The molecule has 1 N–H and O–H groups in total. The second-order valence-corrected chi connectivity index (χ2v) is 9.51. The van der Waals surface area contributed by atoms with Crippen LogP contribution >= 0.6 is 0 Å². The average Bonchev–Trinajstić information content (AvgIpc) is 3.50. The molecule has 2 fully saturated rings. The number of ether oxygens (including phenoxy) is 1. The smallest absolute Gasteiger partial charge is 0.410 e. The van der Waals surface area contributed by atoms with E-state index in [4.69, 9.17) is 14.7 Å². The molecule has 0 radical (unpaired) electrons. The number of anilines is 2. The van der Waals surface area contributed by atoms with Crippen LogP contribution in [0.15, 0.2) is 24.3 Å². The molecule has 1 saturated carbocycles. The van der Waals surface area contributed by atoms with Gasteiger partial charge < -0.3 is 19.9 Å². The van der Waals surface area contributed by atoms with Crippen molar-refractivity contribution in [1.29, 1.82) is 0 Å². The number of amides is 1. The van der Waals surface area contributed by atoms with Crippen molar-refractivity contribution < 1.29 is 9.53 Å². The molecule has 1 atom stereocenters. The van der Waals surface area contributed by atoms with Crippen LogP contribution in [0, 0.1) is 0 Å². The van der Waals surface area contributed by atoms with Crippen LogP contribution in [-0.4, -0.2) is 58.8 Å². The number of hydrogen-bond donors (Lipinski definition) is 1. The molecule has 1 aliphatic heterocycles. The lowest BCUT2D eigenvalue weighted by molar-refractivity contribution is 0.0108. The summed E-state index contributed by atoms with van der Waals surface area (Å²) in [5.41, 5.74) is 1.29. The second kappa shape index (κ2) is 8.28. The van der Waals surface area contributed by atoms with E-state index in [9.17, 15) is 4.79 Å². The molecular weight excluding hydrogens is 378 g/mol. The predicted octanol–water partition coefficient (Wildman–Crippen LogP) is 4.43. The first-order valence-corrected chi connectivity index (χ1v) is 11.0. The number of aromatic nitrogens is 2. The number of piperidine rings is 1. The molecule has 0 spiro atoms. The lowest BCUT2D eigenvalue weighted by Crippen LogP contribution is -2.50. The molecule has 30 heavy (non-hydrogen) atoms. The number of likely N-dealkylation sites (N-methyl/N-ethyl adjacent to an activating group) is 1. The van der Waals surface area contributed by atoms with Crippen LogP contribution in [0.1, 0.15) is 52.9 Å². The van der Waals surface area contributed by atoms with Gasteiger partial charge in [0.2, 0.25) is 0 Å². The van der Waals surface area contributed by atoms with E-state index < -0.39 is 5.60 Å². The first kappa shape index (κ1) is 20.7. The third-order valence-corrected chi connectivity index (χ3v) is 5.57. The zero-order valence-electron chi connectivity index (χ0n) is 18.5. The van der Waals surface area contributed by atoms with Crippen molar-refractivity contribution in [2.75, 3.05) is 30.4 Å². The minimum atomic E-state index is -0.490. The van der Waals surface area contributed by atoms with E-state index in [-0.39, 0.29) is 12.1 Å². The Bertz CT molecular complexity index is 906. The van der Waals surface area contributed by atoms with E-state index in [2.05, 4.69) is 10.2 Å². The summed E-state index contributed by atoms with van der Waals surface area (Å²) in [4.78, 5) is 26.6. The van der Waals surface area contributed by atoms with Crippen LogP contribution in [0.4, 0.5) is 16.4 Å². The quantitative estimate of drug-likeness (QED) is 0.785. The van der Waals surface area contributed by atoms with Crippen molar-refractivity contribution in [1.82, 2.24) is 14.9 Å². The fraction of sp³-hybridized carbons (Fsp3) is 0.609. The topological polar surface area (TPSA) is 70.6 Å². The molecule has 0 bridgehead atoms. The van der Waals surface area contributed by atoms with E-state index in [1.54, 1.807) is 0 Å². The molecule has 1 saturated heterocycles. The molecule has 4 rings (SSSR count).